The Labute approximate surface area is 132 Å². The zero-order chi connectivity index (χ0) is 15.6. The van der Waals surface area contributed by atoms with Crippen molar-refractivity contribution in [1.82, 2.24) is 0 Å². The predicted molar refractivity (Wildman–Crippen MR) is 82.8 cm³/mol. The highest BCUT2D eigenvalue weighted by atomic mass is 79.9. The quantitative estimate of drug-likeness (QED) is 0.776. The van der Waals surface area contributed by atoms with Gasteiger partial charge in [0.1, 0.15) is 11.4 Å². The minimum atomic E-state index is -0.535. The number of benzene rings is 1. The fourth-order valence-corrected chi connectivity index (χ4v) is 2.75. The Balaban J connectivity index is 2.14. The highest BCUT2D eigenvalue weighted by molar-refractivity contribution is 9.10. The van der Waals surface area contributed by atoms with E-state index in [4.69, 9.17) is 9.47 Å². The first-order valence-electron chi connectivity index (χ1n) is 6.96. The average Bonchev–Trinajstić information content (AvgIpc) is 2.35. The molecule has 4 nitrogen and oxygen atoms in total. The van der Waals surface area contributed by atoms with Gasteiger partial charge in [0.05, 0.1) is 0 Å². The molecule has 0 aliphatic heterocycles. The number of Topliss-reactive ketones (excluding diaryl/α,β-unsaturated/α-hetero) is 1. The summed E-state index contributed by atoms with van der Waals surface area (Å²) in [5.74, 6) is 0.288. The number of fused-ring (bicyclic) bond motifs is 1. The Morgan fingerprint density at radius 1 is 1.29 bits per heavy atom. The summed E-state index contributed by atoms with van der Waals surface area (Å²) in [6.45, 7) is 5.27. The summed E-state index contributed by atoms with van der Waals surface area (Å²) in [4.78, 5) is 23.7. The Morgan fingerprint density at radius 2 is 2.00 bits per heavy atom. The van der Waals surface area contributed by atoms with Crippen LogP contribution in [0.25, 0.3) is 0 Å². The van der Waals surface area contributed by atoms with Crippen LogP contribution in [-0.2, 0) is 16.0 Å². The van der Waals surface area contributed by atoms with E-state index >= 15 is 0 Å². The number of carbonyl (C=O) groups is 2. The lowest BCUT2D eigenvalue weighted by atomic mass is 9.90. The minimum Gasteiger partial charge on any atom is -0.482 e. The van der Waals surface area contributed by atoms with Gasteiger partial charge in [-0.15, -0.1) is 0 Å². The zero-order valence-electron chi connectivity index (χ0n) is 12.5. The van der Waals surface area contributed by atoms with Crippen molar-refractivity contribution in [3.8, 4) is 5.75 Å². The van der Waals surface area contributed by atoms with Gasteiger partial charge in [-0.05, 0) is 45.7 Å². The summed E-state index contributed by atoms with van der Waals surface area (Å²) in [5, 5.41) is 0. The van der Waals surface area contributed by atoms with Crippen molar-refractivity contribution < 1.29 is 19.1 Å². The largest absolute Gasteiger partial charge is 0.482 e. The van der Waals surface area contributed by atoms with Crippen LogP contribution in [0, 0.1) is 0 Å². The van der Waals surface area contributed by atoms with Gasteiger partial charge in [-0.1, -0.05) is 15.9 Å². The molecule has 1 aromatic rings. The molecule has 2 rings (SSSR count). The molecule has 0 saturated carbocycles. The number of hydrogen-bond acceptors (Lipinski definition) is 4. The maximum Gasteiger partial charge on any atom is 0.344 e. The van der Waals surface area contributed by atoms with Gasteiger partial charge < -0.3 is 9.47 Å². The summed E-state index contributed by atoms with van der Waals surface area (Å²) in [6.07, 6.45) is 2.17. The minimum absolute atomic E-state index is 0.125. The monoisotopic (exact) mass is 354 g/mol. The maximum absolute atomic E-state index is 11.9. The van der Waals surface area contributed by atoms with Crippen molar-refractivity contribution in [3.63, 3.8) is 0 Å². The number of hydrogen-bond donors (Lipinski definition) is 0. The predicted octanol–water partition coefficient (Wildman–Crippen LogP) is 3.69. The molecule has 0 spiro atoms. The number of ketones is 1. The average molecular weight is 355 g/mol. The Morgan fingerprint density at radius 3 is 2.67 bits per heavy atom. The van der Waals surface area contributed by atoms with E-state index in [-0.39, 0.29) is 12.4 Å². The SMILES string of the molecule is CC(C)(C)OC(=O)COc1cc(Br)cc2c1CCCC2=O. The van der Waals surface area contributed by atoms with E-state index in [1.54, 1.807) is 6.07 Å². The van der Waals surface area contributed by atoms with Gasteiger partial charge in [0, 0.05) is 22.0 Å². The number of rotatable bonds is 3. The molecule has 0 bridgehead atoms. The molecule has 0 aromatic heterocycles. The third-order valence-corrected chi connectivity index (χ3v) is 3.53. The standard InChI is InChI=1S/C16H19BrO4/c1-16(2,3)21-15(19)9-20-14-8-10(17)7-12-11(14)5-4-6-13(12)18/h7-8H,4-6,9H2,1-3H3. The Kier molecular flexibility index (Phi) is 4.71. The number of ether oxygens (including phenoxy) is 2. The second-order valence-corrected chi connectivity index (χ2v) is 7.00. The van der Waals surface area contributed by atoms with Crippen molar-refractivity contribution in [2.24, 2.45) is 0 Å². The fraction of sp³-hybridized carbons (Fsp3) is 0.500. The van der Waals surface area contributed by atoms with Crippen LogP contribution in [-0.4, -0.2) is 24.0 Å². The van der Waals surface area contributed by atoms with Gasteiger partial charge in [0.25, 0.3) is 0 Å². The Hall–Kier alpha value is -1.36. The highest BCUT2D eigenvalue weighted by Gasteiger charge is 2.23. The normalized spacial score (nSPS) is 14.6. The van der Waals surface area contributed by atoms with Crippen LogP contribution >= 0.6 is 15.9 Å². The van der Waals surface area contributed by atoms with E-state index in [1.807, 2.05) is 26.8 Å². The molecule has 0 atom stereocenters. The van der Waals surface area contributed by atoms with E-state index in [1.165, 1.54) is 0 Å². The highest BCUT2D eigenvalue weighted by Crippen LogP contribution is 2.33. The van der Waals surface area contributed by atoms with Crippen LogP contribution in [0.4, 0.5) is 0 Å². The molecule has 0 fully saturated rings. The molecule has 0 radical (unpaired) electrons. The van der Waals surface area contributed by atoms with E-state index in [0.29, 0.717) is 17.7 Å². The van der Waals surface area contributed by atoms with E-state index in [0.717, 1.165) is 22.9 Å². The summed E-state index contributed by atoms with van der Waals surface area (Å²) >= 11 is 3.38. The number of esters is 1. The molecule has 1 aliphatic rings. The van der Waals surface area contributed by atoms with Gasteiger partial charge in [-0.25, -0.2) is 4.79 Å². The van der Waals surface area contributed by atoms with Crippen LogP contribution in [0.1, 0.15) is 49.5 Å². The first kappa shape index (κ1) is 16.0. The van der Waals surface area contributed by atoms with Crippen molar-refractivity contribution >= 4 is 27.7 Å². The van der Waals surface area contributed by atoms with Gasteiger partial charge >= 0.3 is 5.97 Å². The third kappa shape index (κ3) is 4.30. The second kappa shape index (κ2) is 6.18. The molecular formula is C16H19BrO4. The van der Waals surface area contributed by atoms with E-state index in [2.05, 4.69) is 15.9 Å². The molecule has 0 amide bonds. The number of carbonyl (C=O) groups excluding carboxylic acids is 2. The molecule has 0 N–H and O–H groups in total. The van der Waals surface area contributed by atoms with Gasteiger partial charge in [-0.3, -0.25) is 4.79 Å². The van der Waals surface area contributed by atoms with Crippen molar-refractivity contribution in [2.75, 3.05) is 6.61 Å². The molecule has 0 unspecified atom stereocenters. The van der Waals surface area contributed by atoms with Crippen LogP contribution < -0.4 is 4.74 Å². The summed E-state index contributed by atoms with van der Waals surface area (Å²) in [6, 6.07) is 3.61. The van der Waals surface area contributed by atoms with Crippen LogP contribution in [0.2, 0.25) is 0 Å². The summed E-state index contributed by atoms with van der Waals surface area (Å²) in [5.41, 5.74) is 1.04. The summed E-state index contributed by atoms with van der Waals surface area (Å²) < 4.78 is 11.6. The van der Waals surface area contributed by atoms with Crippen LogP contribution in [0.3, 0.4) is 0 Å². The van der Waals surface area contributed by atoms with Crippen LogP contribution in [0.15, 0.2) is 16.6 Å². The van der Waals surface area contributed by atoms with E-state index < -0.39 is 11.6 Å². The fourth-order valence-electron chi connectivity index (χ4n) is 2.32. The topological polar surface area (TPSA) is 52.6 Å². The lowest BCUT2D eigenvalue weighted by Crippen LogP contribution is -2.27. The van der Waals surface area contributed by atoms with Gasteiger partial charge in [0.15, 0.2) is 12.4 Å². The van der Waals surface area contributed by atoms with Gasteiger partial charge in [0.2, 0.25) is 0 Å². The second-order valence-electron chi connectivity index (χ2n) is 6.08. The molecule has 114 valence electrons. The molecule has 1 aromatic carbocycles. The van der Waals surface area contributed by atoms with Crippen molar-refractivity contribution in [3.05, 3.63) is 27.7 Å². The molecule has 0 saturated heterocycles. The Bertz CT molecular complexity index is 572. The third-order valence-electron chi connectivity index (χ3n) is 3.07. The molecular weight excluding hydrogens is 336 g/mol. The van der Waals surface area contributed by atoms with Crippen molar-refractivity contribution in [2.45, 2.75) is 45.6 Å². The lowest BCUT2D eigenvalue weighted by molar-refractivity contribution is -0.157. The molecule has 21 heavy (non-hydrogen) atoms. The van der Waals surface area contributed by atoms with Crippen LogP contribution in [0.5, 0.6) is 5.75 Å². The summed E-state index contributed by atoms with van der Waals surface area (Å²) in [7, 11) is 0. The first-order chi connectivity index (χ1) is 9.76. The van der Waals surface area contributed by atoms with Gasteiger partial charge in [-0.2, -0.15) is 0 Å². The number of halogens is 1. The zero-order valence-corrected chi connectivity index (χ0v) is 14.1. The smallest absolute Gasteiger partial charge is 0.344 e. The lowest BCUT2D eigenvalue weighted by Gasteiger charge is -2.21. The maximum atomic E-state index is 11.9. The van der Waals surface area contributed by atoms with Crippen molar-refractivity contribution in [1.29, 1.82) is 0 Å². The van der Waals surface area contributed by atoms with E-state index in [9.17, 15) is 9.59 Å². The molecule has 0 heterocycles. The molecule has 5 heteroatoms. The molecule has 1 aliphatic carbocycles. The first-order valence-corrected chi connectivity index (χ1v) is 7.76.